The Bertz CT molecular complexity index is 1100. The van der Waals surface area contributed by atoms with Gasteiger partial charge in [-0.1, -0.05) is 53.5 Å². The van der Waals surface area contributed by atoms with Gasteiger partial charge in [-0.15, -0.1) is 10.2 Å². The molecule has 1 fully saturated rings. The molecule has 6 nitrogen and oxygen atoms in total. The molecule has 0 spiro atoms. The maximum absolute atomic E-state index is 6.45. The highest BCUT2D eigenvalue weighted by molar-refractivity contribution is 7.98. The van der Waals surface area contributed by atoms with E-state index in [9.17, 15) is 0 Å². The first-order chi connectivity index (χ1) is 14.3. The monoisotopic (exact) mass is 443 g/mol. The van der Waals surface area contributed by atoms with E-state index < -0.39 is 0 Å². The van der Waals surface area contributed by atoms with E-state index in [1.54, 1.807) is 23.1 Å². The lowest BCUT2D eigenvalue weighted by Gasteiger charge is -2.17. The molecule has 3 heterocycles. The molecule has 0 unspecified atom stereocenters. The molecule has 1 aliphatic rings. The molecule has 0 bridgehead atoms. The summed E-state index contributed by atoms with van der Waals surface area (Å²) in [5, 5.41) is 18.6. The molecule has 9 heteroatoms. The van der Waals surface area contributed by atoms with Crippen LogP contribution in [0.25, 0.3) is 22.8 Å². The molecular weight excluding hydrogens is 426 g/mol. The normalized spacial score (nSPS) is 14.7. The lowest BCUT2D eigenvalue weighted by molar-refractivity contribution is 0.425. The third-order valence-electron chi connectivity index (χ3n) is 5.04. The Kier molecular flexibility index (Phi) is 5.39. The van der Waals surface area contributed by atoms with Crippen LogP contribution >= 0.6 is 34.7 Å². The summed E-state index contributed by atoms with van der Waals surface area (Å²) in [4.78, 5) is 4.50. The first-order valence-corrected chi connectivity index (χ1v) is 11.8. The van der Waals surface area contributed by atoms with Crippen LogP contribution in [0.3, 0.4) is 0 Å². The van der Waals surface area contributed by atoms with Gasteiger partial charge in [0.15, 0.2) is 16.8 Å². The summed E-state index contributed by atoms with van der Waals surface area (Å²) in [5.41, 5.74) is 1.87. The minimum Gasteiger partial charge on any atom is -0.334 e. The van der Waals surface area contributed by atoms with Crippen LogP contribution in [0.5, 0.6) is 0 Å². The van der Waals surface area contributed by atoms with Crippen molar-refractivity contribution in [3.63, 3.8) is 0 Å². The van der Waals surface area contributed by atoms with E-state index in [0.29, 0.717) is 28.5 Å². The Morgan fingerprint density at radius 3 is 2.83 bits per heavy atom. The molecule has 5 rings (SSSR count). The fraction of sp³-hybridized carbons (Fsp3) is 0.300. The van der Waals surface area contributed by atoms with Gasteiger partial charge in [-0.2, -0.15) is 16.3 Å². The average molecular weight is 444 g/mol. The quantitative estimate of drug-likeness (QED) is 0.334. The summed E-state index contributed by atoms with van der Waals surface area (Å²) < 4.78 is 7.64. The molecule has 0 atom stereocenters. The lowest BCUT2D eigenvalue weighted by atomic mass is 10.2. The van der Waals surface area contributed by atoms with E-state index in [2.05, 4.69) is 24.9 Å². The summed E-state index contributed by atoms with van der Waals surface area (Å²) in [5.74, 6) is 2.60. The number of nitrogens with zero attached hydrogens (tertiary/aromatic N) is 5. The zero-order valence-electron chi connectivity index (χ0n) is 15.5. The zero-order valence-corrected chi connectivity index (χ0v) is 17.9. The first-order valence-electron chi connectivity index (χ1n) is 9.47. The van der Waals surface area contributed by atoms with E-state index in [1.807, 2.05) is 41.1 Å². The molecular formula is C20H18ClN5OS2. The van der Waals surface area contributed by atoms with E-state index in [-0.39, 0.29) is 0 Å². The largest absolute Gasteiger partial charge is 0.334 e. The van der Waals surface area contributed by atoms with Crippen molar-refractivity contribution < 1.29 is 4.52 Å². The molecule has 148 valence electrons. The molecule has 4 aromatic rings. The van der Waals surface area contributed by atoms with Gasteiger partial charge in [0, 0.05) is 17.0 Å². The van der Waals surface area contributed by atoms with E-state index in [0.717, 1.165) is 34.9 Å². The molecule has 1 saturated carbocycles. The summed E-state index contributed by atoms with van der Waals surface area (Å²) in [6, 6.07) is 10.2. The van der Waals surface area contributed by atoms with Gasteiger partial charge < -0.3 is 4.52 Å². The van der Waals surface area contributed by atoms with Crippen molar-refractivity contribution in [1.82, 2.24) is 24.9 Å². The van der Waals surface area contributed by atoms with E-state index in [1.165, 1.54) is 12.8 Å². The number of halogens is 1. The second kappa shape index (κ2) is 8.30. The highest BCUT2D eigenvalue weighted by Crippen LogP contribution is 2.38. The lowest BCUT2D eigenvalue weighted by Crippen LogP contribution is -2.08. The van der Waals surface area contributed by atoms with Gasteiger partial charge in [-0.05, 0) is 36.4 Å². The van der Waals surface area contributed by atoms with Crippen LogP contribution in [0.4, 0.5) is 0 Å². The molecule has 0 radical (unpaired) electrons. The highest BCUT2D eigenvalue weighted by Gasteiger charge is 2.26. The Morgan fingerprint density at radius 1 is 1.17 bits per heavy atom. The van der Waals surface area contributed by atoms with Crippen molar-refractivity contribution in [3.8, 4) is 22.8 Å². The SMILES string of the molecule is Clc1ccccc1-c1nnc(SCc2noc(-c3ccsc3)n2)n1C1CCCC1. The number of benzene rings is 1. The fourth-order valence-electron chi connectivity index (χ4n) is 3.64. The summed E-state index contributed by atoms with van der Waals surface area (Å²) in [7, 11) is 0. The smallest absolute Gasteiger partial charge is 0.258 e. The van der Waals surface area contributed by atoms with Crippen molar-refractivity contribution >= 4 is 34.7 Å². The Labute approximate surface area is 181 Å². The maximum atomic E-state index is 6.45. The molecule has 1 aromatic carbocycles. The van der Waals surface area contributed by atoms with Crippen molar-refractivity contribution in [2.75, 3.05) is 0 Å². The van der Waals surface area contributed by atoms with Gasteiger partial charge in [0.05, 0.1) is 16.3 Å². The number of aromatic nitrogens is 5. The fourth-order valence-corrected chi connectivity index (χ4v) is 5.34. The molecule has 0 saturated heterocycles. The molecule has 0 amide bonds. The van der Waals surface area contributed by atoms with Crippen molar-refractivity contribution in [1.29, 1.82) is 0 Å². The van der Waals surface area contributed by atoms with Gasteiger partial charge in [0.1, 0.15) is 0 Å². The first kappa shape index (κ1) is 18.8. The second-order valence-corrected chi connectivity index (χ2v) is 9.04. The molecule has 1 aliphatic carbocycles. The van der Waals surface area contributed by atoms with Crippen LogP contribution in [-0.2, 0) is 5.75 Å². The standard InChI is InChI=1S/C20H18ClN5OS2/c21-16-8-4-3-7-15(16)18-23-24-20(26(18)14-5-1-2-6-14)29-12-17-22-19(27-25-17)13-9-10-28-11-13/h3-4,7-11,14H,1-2,5-6,12H2. The molecule has 3 aromatic heterocycles. The average Bonchev–Trinajstić information content (AvgIpc) is 3.54. The van der Waals surface area contributed by atoms with Crippen LogP contribution in [0.2, 0.25) is 5.02 Å². The molecule has 0 N–H and O–H groups in total. The number of thiophene rings is 1. The van der Waals surface area contributed by atoms with Crippen molar-refractivity contribution in [2.45, 2.75) is 42.6 Å². The molecule has 29 heavy (non-hydrogen) atoms. The molecule has 0 aliphatic heterocycles. The summed E-state index contributed by atoms with van der Waals surface area (Å²) in [6.45, 7) is 0. The number of hydrogen-bond donors (Lipinski definition) is 0. The number of thioether (sulfide) groups is 1. The predicted octanol–water partition coefficient (Wildman–Crippen LogP) is 6.12. The Hall–Kier alpha value is -2.16. The van der Waals surface area contributed by atoms with Crippen LogP contribution in [0.15, 0.2) is 50.8 Å². The minimum absolute atomic E-state index is 0.394. The topological polar surface area (TPSA) is 69.6 Å². The Morgan fingerprint density at radius 2 is 2.03 bits per heavy atom. The van der Waals surface area contributed by atoms with Crippen molar-refractivity contribution in [3.05, 3.63) is 51.9 Å². The van der Waals surface area contributed by atoms with Gasteiger partial charge >= 0.3 is 0 Å². The van der Waals surface area contributed by atoms with E-state index in [4.69, 9.17) is 16.1 Å². The van der Waals surface area contributed by atoms with Crippen LogP contribution in [0.1, 0.15) is 37.5 Å². The maximum Gasteiger partial charge on any atom is 0.258 e. The summed E-state index contributed by atoms with van der Waals surface area (Å²) in [6.07, 6.45) is 4.72. The van der Waals surface area contributed by atoms with Crippen LogP contribution in [-0.4, -0.2) is 24.9 Å². The third-order valence-corrected chi connectivity index (χ3v) is 6.99. The van der Waals surface area contributed by atoms with Gasteiger partial charge in [0.2, 0.25) is 0 Å². The van der Waals surface area contributed by atoms with Crippen molar-refractivity contribution in [2.24, 2.45) is 0 Å². The summed E-state index contributed by atoms with van der Waals surface area (Å²) >= 11 is 9.64. The van der Waals surface area contributed by atoms with Crippen LogP contribution < -0.4 is 0 Å². The van der Waals surface area contributed by atoms with Crippen LogP contribution in [0, 0.1) is 0 Å². The zero-order chi connectivity index (χ0) is 19.6. The highest BCUT2D eigenvalue weighted by atomic mass is 35.5. The second-order valence-electron chi connectivity index (χ2n) is 6.91. The van der Waals surface area contributed by atoms with Gasteiger partial charge in [-0.3, -0.25) is 4.57 Å². The third kappa shape index (κ3) is 3.84. The predicted molar refractivity (Wildman–Crippen MR) is 115 cm³/mol. The van der Waals surface area contributed by atoms with E-state index >= 15 is 0 Å². The Balaban J connectivity index is 1.42. The number of hydrogen-bond acceptors (Lipinski definition) is 7. The number of rotatable bonds is 6. The van der Waals surface area contributed by atoms with Gasteiger partial charge in [0.25, 0.3) is 5.89 Å². The van der Waals surface area contributed by atoms with Gasteiger partial charge in [-0.25, -0.2) is 0 Å². The minimum atomic E-state index is 0.394.